The lowest BCUT2D eigenvalue weighted by Crippen LogP contribution is -2.14. The largest absolute Gasteiger partial charge is 0.309 e. The summed E-state index contributed by atoms with van der Waals surface area (Å²) in [5.74, 6) is 7.04. The zero-order chi connectivity index (χ0) is 10.4. The van der Waals surface area contributed by atoms with Crippen molar-refractivity contribution in [1.82, 2.24) is 9.88 Å². The first-order valence-electron chi connectivity index (χ1n) is 4.42. The van der Waals surface area contributed by atoms with Crippen molar-refractivity contribution in [3.05, 3.63) is 18.3 Å². The molecule has 78 valence electrons. The quantitative estimate of drug-likeness (QED) is 0.433. The standard InChI is InChI=1S/C9H16N4S/c1-13(2)5-6-14-8-3-4-11-9(7-8)12-10/h3-4,7H,5-6,10H2,1-2H3,(H,11,12). The number of nitrogens with one attached hydrogen (secondary N) is 1. The molecular weight excluding hydrogens is 196 g/mol. The molecule has 0 spiro atoms. The number of anilines is 1. The maximum absolute atomic E-state index is 5.27. The highest BCUT2D eigenvalue weighted by molar-refractivity contribution is 7.99. The minimum absolute atomic E-state index is 0.708. The smallest absolute Gasteiger partial charge is 0.140 e. The third-order valence-electron chi connectivity index (χ3n) is 1.69. The van der Waals surface area contributed by atoms with Gasteiger partial charge in [0.05, 0.1) is 0 Å². The number of hydrazine groups is 1. The Morgan fingerprint density at radius 1 is 1.57 bits per heavy atom. The minimum Gasteiger partial charge on any atom is -0.309 e. The van der Waals surface area contributed by atoms with Crippen LogP contribution in [-0.2, 0) is 0 Å². The molecule has 0 saturated heterocycles. The van der Waals surface area contributed by atoms with Gasteiger partial charge in [-0.15, -0.1) is 11.8 Å². The van der Waals surface area contributed by atoms with Gasteiger partial charge in [-0.2, -0.15) is 0 Å². The Morgan fingerprint density at radius 2 is 2.36 bits per heavy atom. The Bertz CT molecular complexity index is 277. The number of nitrogen functional groups attached to an aromatic ring is 1. The molecular formula is C9H16N4S. The average molecular weight is 212 g/mol. The lowest BCUT2D eigenvalue weighted by molar-refractivity contribution is 0.437. The molecule has 4 nitrogen and oxygen atoms in total. The Hall–Kier alpha value is -0.780. The van der Waals surface area contributed by atoms with Gasteiger partial charge in [-0.25, -0.2) is 10.8 Å². The van der Waals surface area contributed by atoms with Crippen molar-refractivity contribution in [3.8, 4) is 0 Å². The van der Waals surface area contributed by atoms with E-state index in [1.165, 1.54) is 4.90 Å². The summed E-state index contributed by atoms with van der Waals surface area (Å²) in [5, 5.41) is 0. The van der Waals surface area contributed by atoms with Crippen LogP contribution in [0.25, 0.3) is 0 Å². The number of pyridine rings is 1. The molecule has 0 aliphatic carbocycles. The first-order valence-corrected chi connectivity index (χ1v) is 5.41. The topological polar surface area (TPSA) is 54.2 Å². The zero-order valence-electron chi connectivity index (χ0n) is 8.53. The number of rotatable bonds is 5. The molecule has 0 bridgehead atoms. The van der Waals surface area contributed by atoms with Crippen LogP contribution in [0.5, 0.6) is 0 Å². The molecule has 3 N–H and O–H groups in total. The van der Waals surface area contributed by atoms with E-state index in [2.05, 4.69) is 29.4 Å². The predicted molar refractivity (Wildman–Crippen MR) is 61.3 cm³/mol. The molecule has 1 aromatic rings. The van der Waals surface area contributed by atoms with Crippen molar-refractivity contribution in [2.75, 3.05) is 31.8 Å². The molecule has 0 aliphatic heterocycles. The van der Waals surface area contributed by atoms with Gasteiger partial charge in [0.1, 0.15) is 5.82 Å². The zero-order valence-corrected chi connectivity index (χ0v) is 9.34. The number of nitrogens with zero attached hydrogens (tertiary/aromatic N) is 2. The first kappa shape index (κ1) is 11.3. The summed E-state index contributed by atoms with van der Waals surface area (Å²) < 4.78 is 0. The first-order chi connectivity index (χ1) is 6.72. The second-order valence-electron chi connectivity index (χ2n) is 3.17. The highest BCUT2D eigenvalue weighted by Crippen LogP contribution is 2.19. The van der Waals surface area contributed by atoms with E-state index in [0.29, 0.717) is 5.82 Å². The Kier molecular flexibility index (Phi) is 4.72. The molecule has 0 fully saturated rings. The van der Waals surface area contributed by atoms with E-state index >= 15 is 0 Å². The van der Waals surface area contributed by atoms with Crippen molar-refractivity contribution in [3.63, 3.8) is 0 Å². The molecule has 0 aromatic carbocycles. The second-order valence-corrected chi connectivity index (χ2v) is 4.34. The van der Waals surface area contributed by atoms with Crippen LogP contribution in [0.2, 0.25) is 0 Å². The van der Waals surface area contributed by atoms with Gasteiger partial charge in [0.15, 0.2) is 0 Å². The third-order valence-corrected chi connectivity index (χ3v) is 2.66. The summed E-state index contributed by atoms with van der Waals surface area (Å²) in [6, 6.07) is 3.93. The van der Waals surface area contributed by atoms with Crippen molar-refractivity contribution < 1.29 is 0 Å². The van der Waals surface area contributed by atoms with Crippen LogP contribution in [0, 0.1) is 0 Å². The molecule has 1 aromatic heterocycles. The summed E-state index contributed by atoms with van der Waals surface area (Å²) >= 11 is 1.80. The molecule has 0 radical (unpaired) electrons. The summed E-state index contributed by atoms with van der Waals surface area (Å²) in [6.45, 7) is 1.07. The fourth-order valence-corrected chi connectivity index (χ4v) is 1.97. The molecule has 0 unspecified atom stereocenters. The monoisotopic (exact) mass is 212 g/mol. The second kappa shape index (κ2) is 5.85. The maximum Gasteiger partial charge on any atom is 0.140 e. The molecule has 0 amide bonds. The summed E-state index contributed by atoms with van der Waals surface area (Å²) in [7, 11) is 4.14. The van der Waals surface area contributed by atoms with Gasteiger partial charge in [-0.1, -0.05) is 0 Å². The lowest BCUT2D eigenvalue weighted by atomic mass is 10.5. The highest BCUT2D eigenvalue weighted by atomic mass is 32.2. The number of nitrogens with two attached hydrogens (primary N) is 1. The fourth-order valence-electron chi connectivity index (χ4n) is 0.926. The predicted octanol–water partition coefficient (Wildman–Crippen LogP) is 1.02. The van der Waals surface area contributed by atoms with Crippen LogP contribution >= 0.6 is 11.8 Å². The van der Waals surface area contributed by atoms with Crippen molar-refractivity contribution in [2.45, 2.75) is 4.90 Å². The molecule has 1 rings (SSSR count). The van der Waals surface area contributed by atoms with Gasteiger partial charge in [0, 0.05) is 23.4 Å². The molecule has 0 saturated carbocycles. The summed E-state index contributed by atoms with van der Waals surface area (Å²) in [6.07, 6.45) is 1.76. The fraction of sp³-hybridized carbons (Fsp3) is 0.444. The van der Waals surface area contributed by atoms with Gasteiger partial charge >= 0.3 is 0 Å². The number of hydrogen-bond acceptors (Lipinski definition) is 5. The van der Waals surface area contributed by atoms with E-state index in [9.17, 15) is 0 Å². The van der Waals surface area contributed by atoms with E-state index in [1.807, 2.05) is 12.1 Å². The van der Waals surface area contributed by atoms with Crippen LogP contribution in [-0.4, -0.2) is 36.3 Å². The summed E-state index contributed by atoms with van der Waals surface area (Å²) in [5.41, 5.74) is 2.53. The molecule has 0 atom stereocenters. The van der Waals surface area contributed by atoms with E-state index in [4.69, 9.17) is 5.84 Å². The Morgan fingerprint density at radius 3 is 3.00 bits per heavy atom. The number of aromatic nitrogens is 1. The average Bonchev–Trinajstić information content (AvgIpc) is 2.18. The number of thioether (sulfide) groups is 1. The van der Waals surface area contributed by atoms with E-state index < -0.39 is 0 Å². The van der Waals surface area contributed by atoms with Crippen LogP contribution in [0.15, 0.2) is 23.2 Å². The SMILES string of the molecule is CN(C)CCSc1ccnc(NN)c1. The summed E-state index contributed by atoms with van der Waals surface area (Å²) in [4.78, 5) is 7.39. The van der Waals surface area contributed by atoms with Gasteiger partial charge in [-0.05, 0) is 26.2 Å². The number of hydrogen-bond donors (Lipinski definition) is 2. The van der Waals surface area contributed by atoms with Crippen molar-refractivity contribution in [1.29, 1.82) is 0 Å². The molecule has 0 aliphatic rings. The van der Waals surface area contributed by atoms with Gasteiger partial charge in [-0.3, -0.25) is 0 Å². The highest BCUT2D eigenvalue weighted by Gasteiger charge is 1.97. The van der Waals surface area contributed by atoms with Gasteiger partial charge < -0.3 is 10.3 Å². The normalized spacial score (nSPS) is 10.6. The molecule has 14 heavy (non-hydrogen) atoms. The van der Waals surface area contributed by atoms with Crippen LogP contribution in [0.3, 0.4) is 0 Å². The van der Waals surface area contributed by atoms with Crippen LogP contribution in [0.4, 0.5) is 5.82 Å². The molecule has 1 heterocycles. The van der Waals surface area contributed by atoms with Crippen LogP contribution in [0.1, 0.15) is 0 Å². The molecule has 5 heteroatoms. The Labute approximate surface area is 88.9 Å². The Balaban J connectivity index is 2.42. The van der Waals surface area contributed by atoms with Crippen molar-refractivity contribution in [2.24, 2.45) is 5.84 Å². The minimum atomic E-state index is 0.708. The van der Waals surface area contributed by atoms with Crippen LogP contribution < -0.4 is 11.3 Å². The lowest BCUT2D eigenvalue weighted by Gasteiger charge is -2.08. The van der Waals surface area contributed by atoms with Gasteiger partial charge in [0.25, 0.3) is 0 Å². The van der Waals surface area contributed by atoms with Crippen molar-refractivity contribution >= 4 is 17.6 Å². The maximum atomic E-state index is 5.27. The van der Waals surface area contributed by atoms with E-state index in [1.54, 1.807) is 18.0 Å². The van der Waals surface area contributed by atoms with Gasteiger partial charge in [0.2, 0.25) is 0 Å². The third kappa shape index (κ3) is 3.95. The van der Waals surface area contributed by atoms with E-state index in [0.717, 1.165) is 12.3 Å². The van der Waals surface area contributed by atoms with E-state index in [-0.39, 0.29) is 0 Å².